The van der Waals surface area contributed by atoms with E-state index in [0.717, 1.165) is 11.1 Å². The number of hydrogen-bond acceptors (Lipinski definition) is 4. The molecule has 5 rings (SSSR count). The fourth-order valence-electron chi connectivity index (χ4n) is 5.40. The molecule has 4 amide bonds. The highest BCUT2D eigenvalue weighted by Gasteiger charge is 2.51. The number of fused-ring (bicyclic) bond motifs is 1. The van der Waals surface area contributed by atoms with Crippen molar-refractivity contribution < 1.29 is 18.8 Å². The molecule has 3 atom stereocenters. The Morgan fingerprint density at radius 3 is 2.28 bits per heavy atom. The number of hydrogen-bond donors (Lipinski definition) is 1. The molecular formula is C30H32FN5O3. The number of halogens is 1. The molecule has 1 unspecified atom stereocenters. The SMILES string of the molecule is CC(CN1C[C@H]2N(C(=O)CN(C)N2C(=O)NCc2ccc(F)cc2)[C@@H](c2ccccc2)C1=O)c1ccccc1. The van der Waals surface area contributed by atoms with Crippen LogP contribution in [0.3, 0.4) is 0 Å². The Labute approximate surface area is 227 Å². The third-order valence-electron chi connectivity index (χ3n) is 7.37. The first-order valence-electron chi connectivity index (χ1n) is 13.1. The monoisotopic (exact) mass is 529 g/mol. The molecule has 2 heterocycles. The topological polar surface area (TPSA) is 76.2 Å². The fraction of sp³-hybridized carbons (Fsp3) is 0.300. The highest BCUT2D eigenvalue weighted by molar-refractivity contribution is 5.92. The van der Waals surface area contributed by atoms with Crippen molar-refractivity contribution in [3.63, 3.8) is 0 Å². The summed E-state index contributed by atoms with van der Waals surface area (Å²) in [5.41, 5.74) is 2.56. The zero-order valence-corrected chi connectivity index (χ0v) is 22.0. The number of carbonyl (C=O) groups excluding carboxylic acids is 3. The van der Waals surface area contributed by atoms with Crippen molar-refractivity contribution in [2.75, 3.05) is 26.7 Å². The van der Waals surface area contributed by atoms with E-state index in [1.807, 2.05) is 60.7 Å². The number of piperazine rings is 1. The van der Waals surface area contributed by atoms with E-state index in [-0.39, 0.29) is 43.2 Å². The van der Waals surface area contributed by atoms with Crippen LogP contribution in [-0.2, 0) is 16.1 Å². The lowest BCUT2D eigenvalue weighted by molar-refractivity contribution is -0.187. The van der Waals surface area contributed by atoms with Gasteiger partial charge in [-0.1, -0.05) is 79.7 Å². The largest absolute Gasteiger partial charge is 0.336 e. The maximum atomic E-state index is 14.0. The van der Waals surface area contributed by atoms with E-state index in [1.54, 1.807) is 34.0 Å². The predicted molar refractivity (Wildman–Crippen MR) is 144 cm³/mol. The molecule has 2 saturated heterocycles. The van der Waals surface area contributed by atoms with Crippen LogP contribution >= 0.6 is 0 Å². The number of urea groups is 1. The smallest absolute Gasteiger partial charge is 0.334 e. The van der Waals surface area contributed by atoms with Crippen LogP contribution in [0.4, 0.5) is 9.18 Å². The van der Waals surface area contributed by atoms with Crippen LogP contribution in [0.1, 0.15) is 35.6 Å². The molecule has 2 fully saturated rings. The predicted octanol–water partition coefficient (Wildman–Crippen LogP) is 3.74. The molecule has 0 saturated carbocycles. The first kappa shape index (κ1) is 26.4. The summed E-state index contributed by atoms with van der Waals surface area (Å²) in [6, 6.07) is 23.9. The van der Waals surface area contributed by atoms with Gasteiger partial charge in [0.15, 0.2) is 0 Å². The third-order valence-corrected chi connectivity index (χ3v) is 7.37. The van der Waals surface area contributed by atoms with Gasteiger partial charge in [-0.25, -0.2) is 19.2 Å². The van der Waals surface area contributed by atoms with Crippen molar-refractivity contribution in [2.45, 2.75) is 31.6 Å². The molecule has 0 spiro atoms. The van der Waals surface area contributed by atoms with Gasteiger partial charge >= 0.3 is 6.03 Å². The molecule has 8 nitrogen and oxygen atoms in total. The summed E-state index contributed by atoms with van der Waals surface area (Å²) in [4.78, 5) is 44.2. The second kappa shape index (κ2) is 11.2. The van der Waals surface area contributed by atoms with Crippen LogP contribution in [0, 0.1) is 5.82 Å². The summed E-state index contributed by atoms with van der Waals surface area (Å²) in [7, 11) is 1.69. The van der Waals surface area contributed by atoms with Crippen molar-refractivity contribution in [3.05, 3.63) is 107 Å². The van der Waals surface area contributed by atoms with Crippen molar-refractivity contribution in [2.24, 2.45) is 0 Å². The average Bonchev–Trinajstić information content (AvgIpc) is 2.94. The number of hydrazine groups is 1. The molecular weight excluding hydrogens is 497 g/mol. The van der Waals surface area contributed by atoms with E-state index in [9.17, 15) is 18.8 Å². The van der Waals surface area contributed by atoms with Crippen LogP contribution in [0.2, 0.25) is 0 Å². The molecule has 0 radical (unpaired) electrons. The van der Waals surface area contributed by atoms with Crippen molar-refractivity contribution in [1.82, 2.24) is 25.1 Å². The molecule has 9 heteroatoms. The minimum atomic E-state index is -0.846. The van der Waals surface area contributed by atoms with E-state index in [0.29, 0.717) is 12.1 Å². The number of rotatable bonds is 6. The van der Waals surface area contributed by atoms with Gasteiger partial charge in [-0.2, -0.15) is 0 Å². The Kier molecular flexibility index (Phi) is 7.60. The maximum absolute atomic E-state index is 14.0. The van der Waals surface area contributed by atoms with Gasteiger partial charge in [0.05, 0.1) is 13.1 Å². The summed E-state index contributed by atoms with van der Waals surface area (Å²) in [6.07, 6.45) is -0.699. The number of amides is 4. The summed E-state index contributed by atoms with van der Waals surface area (Å²) < 4.78 is 13.3. The summed E-state index contributed by atoms with van der Waals surface area (Å²) >= 11 is 0. The summed E-state index contributed by atoms with van der Waals surface area (Å²) in [5, 5.41) is 6.01. The van der Waals surface area contributed by atoms with Crippen molar-refractivity contribution in [1.29, 1.82) is 0 Å². The molecule has 3 aromatic carbocycles. The molecule has 2 aliphatic rings. The molecule has 2 aliphatic heterocycles. The van der Waals surface area contributed by atoms with Crippen molar-refractivity contribution >= 4 is 17.8 Å². The summed E-state index contributed by atoms with van der Waals surface area (Å²) in [5.74, 6) is -0.678. The number of likely N-dealkylation sites (N-methyl/N-ethyl adjacent to an activating group) is 1. The Hall–Kier alpha value is -4.24. The van der Waals surface area contributed by atoms with Crippen LogP contribution in [0.25, 0.3) is 0 Å². The summed E-state index contributed by atoms with van der Waals surface area (Å²) in [6.45, 7) is 2.84. The van der Waals surface area contributed by atoms with Gasteiger partial charge in [-0.3, -0.25) is 9.59 Å². The zero-order chi connectivity index (χ0) is 27.5. The number of benzene rings is 3. The fourth-order valence-corrected chi connectivity index (χ4v) is 5.40. The van der Waals surface area contributed by atoms with Crippen LogP contribution < -0.4 is 5.32 Å². The normalized spacial score (nSPS) is 20.5. The number of nitrogens with one attached hydrogen (secondary N) is 1. The lowest BCUT2D eigenvalue weighted by atomic mass is 9.96. The lowest BCUT2D eigenvalue weighted by Gasteiger charge is -2.54. The van der Waals surface area contributed by atoms with Gasteiger partial charge in [0.2, 0.25) is 11.8 Å². The van der Waals surface area contributed by atoms with Gasteiger partial charge in [-0.15, -0.1) is 0 Å². The first-order chi connectivity index (χ1) is 18.8. The molecule has 0 bridgehead atoms. The Bertz CT molecular complexity index is 1320. The van der Waals surface area contributed by atoms with E-state index in [2.05, 4.69) is 12.2 Å². The van der Waals surface area contributed by atoms with Crippen molar-refractivity contribution in [3.8, 4) is 0 Å². The third kappa shape index (κ3) is 5.49. The van der Waals surface area contributed by atoms with E-state index < -0.39 is 18.2 Å². The van der Waals surface area contributed by atoms with E-state index in [4.69, 9.17) is 0 Å². The standard InChI is InChI=1S/C30H32FN5O3/c1-21(23-9-5-3-6-10-23)18-34-19-26-35(28(29(34)38)24-11-7-4-8-12-24)27(37)20-33(2)36(26)30(39)32-17-22-13-15-25(31)16-14-22/h3-16,21,26,28H,17-20H2,1-2H3,(H,32,39)/t21?,26-,28-/m0/s1. The second-order valence-electron chi connectivity index (χ2n) is 10.1. The van der Waals surface area contributed by atoms with Crippen LogP contribution in [0.5, 0.6) is 0 Å². The van der Waals surface area contributed by atoms with Crippen LogP contribution in [0.15, 0.2) is 84.9 Å². The maximum Gasteiger partial charge on any atom is 0.334 e. The average molecular weight is 530 g/mol. The Morgan fingerprint density at radius 1 is 0.974 bits per heavy atom. The van der Waals surface area contributed by atoms with Gasteiger partial charge in [0.25, 0.3) is 0 Å². The van der Waals surface area contributed by atoms with Crippen LogP contribution in [-0.4, -0.2) is 70.5 Å². The van der Waals surface area contributed by atoms with Gasteiger partial charge in [0.1, 0.15) is 18.0 Å². The Balaban J connectivity index is 1.45. The van der Waals surface area contributed by atoms with Gasteiger partial charge in [-0.05, 0) is 34.7 Å². The minimum absolute atomic E-state index is 0.0441. The minimum Gasteiger partial charge on any atom is -0.336 e. The number of carbonyl (C=O) groups is 3. The highest BCUT2D eigenvalue weighted by atomic mass is 19.1. The zero-order valence-electron chi connectivity index (χ0n) is 22.0. The molecule has 0 aliphatic carbocycles. The first-order valence-corrected chi connectivity index (χ1v) is 13.1. The molecule has 39 heavy (non-hydrogen) atoms. The van der Waals surface area contributed by atoms with E-state index >= 15 is 0 Å². The quantitative estimate of drug-likeness (QED) is 0.528. The number of nitrogens with zero attached hydrogens (tertiary/aromatic N) is 4. The Morgan fingerprint density at radius 2 is 1.62 bits per heavy atom. The van der Waals surface area contributed by atoms with Gasteiger partial charge in [0, 0.05) is 20.1 Å². The highest BCUT2D eigenvalue weighted by Crippen LogP contribution is 2.35. The second-order valence-corrected chi connectivity index (χ2v) is 10.1. The molecule has 202 valence electrons. The molecule has 0 aromatic heterocycles. The van der Waals surface area contributed by atoms with Gasteiger partial charge < -0.3 is 15.1 Å². The molecule has 1 N–H and O–H groups in total. The lowest BCUT2D eigenvalue weighted by Crippen LogP contribution is -2.73. The van der Waals surface area contributed by atoms with E-state index in [1.165, 1.54) is 17.1 Å². The molecule has 3 aromatic rings.